The fourth-order valence-corrected chi connectivity index (χ4v) is 2.39. The molecule has 5 nitrogen and oxygen atoms in total. The third-order valence-electron chi connectivity index (χ3n) is 3.46. The lowest BCUT2D eigenvalue weighted by molar-refractivity contribution is 0.0389. The van der Waals surface area contributed by atoms with Crippen LogP contribution in [-0.4, -0.2) is 63.5 Å². The SMILES string of the molecule is CN(C)c1ccc(NC(=S)NCCN2CCOCC2)cc1.Cl. The zero-order chi connectivity index (χ0) is 15.1. The summed E-state index contributed by atoms with van der Waals surface area (Å²) in [6.07, 6.45) is 0. The minimum absolute atomic E-state index is 0. The van der Waals surface area contributed by atoms with Crippen LogP contribution < -0.4 is 15.5 Å². The molecule has 0 atom stereocenters. The van der Waals surface area contributed by atoms with Crippen molar-refractivity contribution in [3.05, 3.63) is 24.3 Å². The van der Waals surface area contributed by atoms with Crippen LogP contribution in [0.3, 0.4) is 0 Å². The van der Waals surface area contributed by atoms with Gasteiger partial charge in [-0.2, -0.15) is 0 Å². The molecule has 0 saturated carbocycles. The molecule has 1 aromatic rings. The van der Waals surface area contributed by atoms with Crippen LogP contribution in [0.4, 0.5) is 11.4 Å². The Hall–Kier alpha value is -1.08. The second-order valence-corrected chi connectivity index (χ2v) is 5.68. The Morgan fingerprint density at radius 1 is 1.23 bits per heavy atom. The molecular weight excluding hydrogens is 320 g/mol. The van der Waals surface area contributed by atoms with E-state index in [0.717, 1.165) is 45.1 Å². The molecule has 0 radical (unpaired) electrons. The number of nitrogens with one attached hydrogen (secondary N) is 2. The molecule has 1 fully saturated rings. The average molecular weight is 345 g/mol. The third kappa shape index (κ3) is 6.36. The van der Waals surface area contributed by atoms with E-state index in [-0.39, 0.29) is 12.4 Å². The fraction of sp³-hybridized carbons (Fsp3) is 0.533. The Kier molecular flexibility index (Phi) is 8.48. The minimum Gasteiger partial charge on any atom is -0.379 e. The van der Waals surface area contributed by atoms with Crippen molar-refractivity contribution in [2.75, 3.05) is 63.7 Å². The summed E-state index contributed by atoms with van der Waals surface area (Å²) in [4.78, 5) is 4.45. The normalized spacial score (nSPS) is 14.8. The largest absolute Gasteiger partial charge is 0.379 e. The van der Waals surface area contributed by atoms with Crippen molar-refractivity contribution in [1.29, 1.82) is 0 Å². The van der Waals surface area contributed by atoms with E-state index in [9.17, 15) is 0 Å². The van der Waals surface area contributed by atoms with Crippen LogP contribution in [0.25, 0.3) is 0 Å². The van der Waals surface area contributed by atoms with E-state index in [1.165, 1.54) is 5.69 Å². The summed E-state index contributed by atoms with van der Waals surface area (Å²) in [6, 6.07) is 8.20. The van der Waals surface area contributed by atoms with E-state index in [1.54, 1.807) is 0 Å². The molecule has 2 N–H and O–H groups in total. The molecule has 1 heterocycles. The van der Waals surface area contributed by atoms with Gasteiger partial charge in [-0.05, 0) is 36.5 Å². The molecule has 0 spiro atoms. The first kappa shape index (κ1) is 19.0. The maximum atomic E-state index is 5.33. The maximum absolute atomic E-state index is 5.33. The van der Waals surface area contributed by atoms with Gasteiger partial charge in [-0.15, -0.1) is 12.4 Å². The van der Waals surface area contributed by atoms with Gasteiger partial charge in [0.1, 0.15) is 0 Å². The maximum Gasteiger partial charge on any atom is 0.170 e. The predicted octanol–water partition coefficient (Wildman–Crippen LogP) is 1.79. The second-order valence-electron chi connectivity index (χ2n) is 5.28. The van der Waals surface area contributed by atoms with Gasteiger partial charge in [0.15, 0.2) is 5.11 Å². The lowest BCUT2D eigenvalue weighted by Crippen LogP contribution is -2.42. The van der Waals surface area contributed by atoms with Gasteiger partial charge in [0.25, 0.3) is 0 Å². The molecule has 0 aliphatic carbocycles. The highest BCUT2D eigenvalue weighted by Crippen LogP contribution is 2.15. The van der Waals surface area contributed by atoms with Gasteiger partial charge in [0.2, 0.25) is 0 Å². The van der Waals surface area contributed by atoms with Gasteiger partial charge in [-0.1, -0.05) is 0 Å². The number of hydrogen-bond acceptors (Lipinski definition) is 4. The number of anilines is 2. The van der Waals surface area contributed by atoms with E-state index in [2.05, 4.69) is 32.6 Å². The topological polar surface area (TPSA) is 39.8 Å². The van der Waals surface area contributed by atoms with Gasteiger partial charge in [0, 0.05) is 51.6 Å². The smallest absolute Gasteiger partial charge is 0.170 e. The van der Waals surface area contributed by atoms with Crippen molar-refractivity contribution in [2.45, 2.75) is 0 Å². The Morgan fingerprint density at radius 3 is 2.45 bits per heavy atom. The monoisotopic (exact) mass is 344 g/mol. The van der Waals surface area contributed by atoms with E-state index >= 15 is 0 Å². The number of ether oxygens (including phenoxy) is 1. The molecule has 0 bridgehead atoms. The quantitative estimate of drug-likeness (QED) is 0.794. The summed E-state index contributed by atoms with van der Waals surface area (Å²) in [7, 11) is 4.06. The molecular formula is C15H25ClN4OS. The Labute approximate surface area is 144 Å². The summed E-state index contributed by atoms with van der Waals surface area (Å²) in [5.74, 6) is 0. The van der Waals surface area contributed by atoms with Gasteiger partial charge in [-0.25, -0.2) is 0 Å². The van der Waals surface area contributed by atoms with Crippen molar-refractivity contribution >= 4 is 41.1 Å². The molecule has 124 valence electrons. The summed E-state index contributed by atoms with van der Waals surface area (Å²) in [6.45, 7) is 5.52. The summed E-state index contributed by atoms with van der Waals surface area (Å²) in [5, 5.41) is 7.12. The Bertz CT molecular complexity index is 449. The molecule has 1 aliphatic heterocycles. The zero-order valence-electron chi connectivity index (χ0n) is 13.2. The van der Waals surface area contributed by atoms with Crippen molar-refractivity contribution in [2.24, 2.45) is 0 Å². The highest BCUT2D eigenvalue weighted by molar-refractivity contribution is 7.80. The van der Waals surface area contributed by atoms with Crippen molar-refractivity contribution in [3.63, 3.8) is 0 Å². The number of benzene rings is 1. The van der Waals surface area contributed by atoms with Crippen LogP contribution in [0.15, 0.2) is 24.3 Å². The van der Waals surface area contributed by atoms with Crippen molar-refractivity contribution in [1.82, 2.24) is 10.2 Å². The first-order valence-electron chi connectivity index (χ1n) is 7.27. The van der Waals surface area contributed by atoms with E-state index in [1.807, 2.05) is 26.2 Å². The lowest BCUT2D eigenvalue weighted by atomic mass is 10.2. The van der Waals surface area contributed by atoms with E-state index in [4.69, 9.17) is 17.0 Å². The Balaban J connectivity index is 0.00000242. The number of rotatable bonds is 5. The average Bonchev–Trinajstić information content (AvgIpc) is 2.49. The molecule has 0 aromatic heterocycles. The van der Waals surface area contributed by atoms with Gasteiger partial charge < -0.3 is 20.3 Å². The number of hydrogen-bond donors (Lipinski definition) is 2. The number of nitrogens with zero attached hydrogens (tertiary/aromatic N) is 2. The standard InChI is InChI=1S/C15H24N4OS.ClH/c1-18(2)14-5-3-13(4-6-14)17-15(21)16-7-8-19-9-11-20-12-10-19;/h3-6H,7-12H2,1-2H3,(H2,16,17,21);1H. The van der Waals surface area contributed by atoms with Crippen molar-refractivity contribution < 1.29 is 4.74 Å². The first-order valence-corrected chi connectivity index (χ1v) is 7.68. The molecule has 1 saturated heterocycles. The van der Waals surface area contributed by atoms with E-state index < -0.39 is 0 Å². The van der Waals surface area contributed by atoms with Crippen LogP contribution in [-0.2, 0) is 4.74 Å². The zero-order valence-corrected chi connectivity index (χ0v) is 14.8. The van der Waals surface area contributed by atoms with Crippen LogP contribution >= 0.6 is 24.6 Å². The molecule has 7 heteroatoms. The van der Waals surface area contributed by atoms with Gasteiger partial charge >= 0.3 is 0 Å². The predicted molar refractivity (Wildman–Crippen MR) is 99.5 cm³/mol. The van der Waals surface area contributed by atoms with Gasteiger partial charge in [0.05, 0.1) is 13.2 Å². The van der Waals surface area contributed by atoms with E-state index in [0.29, 0.717) is 5.11 Å². The fourth-order valence-electron chi connectivity index (χ4n) is 2.17. The highest BCUT2D eigenvalue weighted by Gasteiger charge is 2.09. The van der Waals surface area contributed by atoms with Crippen LogP contribution in [0.2, 0.25) is 0 Å². The number of morpholine rings is 1. The first-order chi connectivity index (χ1) is 10.1. The van der Waals surface area contributed by atoms with Gasteiger partial charge in [-0.3, -0.25) is 4.90 Å². The molecule has 2 rings (SSSR count). The molecule has 1 aromatic carbocycles. The Morgan fingerprint density at radius 2 is 1.86 bits per heavy atom. The highest BCUT2D eigenvalue weighted by atomic mass is 35.5. The summed E-state index contributed by atoms with van der Waals surface area (Å²) < 4.78 is 5.33. The molecule has 1 aliphatic rings. The second kappa shape index (κ2) is 9.84. The lowest BCUT2D eigenvalue weighted by Gasteiger charge is -2.26. The van der Waals surface area contributed by atoms with Crippen molar-refractivity contribution in [3.8, 4) is 0 Å². The molecule has 22 heavy (non-hydrogen) atoms. The summed E-state index contributed by atoms with van der Waals surface area (Å²) in [5.41, 5.74) is 2.18. The minimum atomic E-state index is 0. The van der Waals surface area contributed by atoms with Crippen LogP contribution in [0.1, 0.15) is 0 Å². The molecule has 0 amide bonds. The molecule has 0 unspecified atom stereocenters. The van der Waals surface area contributed by atoms with Crippen LogP contribution in [0, 0.1) is 0 Å². The summed E-state index contributed by atoms with van der Waals surface area (Å²) >= 11 is 5.31. The third-order valence-corrected chi connectivity index (χ3v) is 3.71. The number of thiocarbonyl (C=S) groups is 1. The number of halogens is 1. The van der Waals surface area contributed by atoms with Crippen LogP contribution in [0.5, 0.6) is 0 Å².